The second-order valence-corrected chi connectivity index (χ2v) is 3.78. The second-order valence-electron chi connectivity index (χ2n) is 2.93. The molecule has 0 fully saturated rings. The number of fused-ring (bicyclic) bond motifs is 1. The van der Waals surface area contributed by atoms with Crippen LogP contribution in [0.3, 0.4) is 0 Å². The average molecular weight is 231 g/mol. The summed E-state index contributed by atoms with van der Waals surface area (Å²) in [5.41, 5.74) is 6.81. The van der Waals surface area contributed by atoms with Crippen molar-refractivity contribution in [3.63, 3.8) is 0 Å². The molecule has 14 heavy (non-hydrogen) atoms. The first-order valence-corrected chi connectivity index (χ1v) is 4.91. The maximum Gasteiger partial charge on any atom is 0.185 e. The molecule has 1 aromatic carbocycles. The molecule has 0 spiro atoms. The quantitative estimate of drug-likeness (QED) is 0.864. The summed E-state index contributed by atoms with van der Waals surface area (Å²) in [6.07, 6.45) is 0.656. The lowest BCUT2D eigenvalue weighted by Gasteiger charge is -1.94. The van der Waals surface area contributed by atoms with Crippen molar-refractivity contribution in [2.45, 2.75) is 6.42 Å². The molecule has 1 heterocycles. The largest absolute Gasteiger partial charge is 0.354 e. The molecule has 5 heteroatoms. The molecule has 0 bridgehead atoms. The predicted molar refractivity (Wildman–Crippen MR) is 56.8 cm³/mol. The number of benzene rings is 1. The van der Waals surface area contributed by atoms with Crippen molar-refractivity contribution in [1.82, 2.24) is 5.16 Å². The van der Waals surface area contributed by atoms with Crippen molar-refractivity contribution >= 4 is 34.2 Å². The van der Waals surface area contributed by atoms with Crippen LogP contribution >= 0.6 is 23.2 Å². The van der Waals surface area contributed by atoms with Gasteiger partial charge in [0.2, 0.25) is 0 Å². The molecule has 2 rings (SSSR count). The first-order valence-electron chi connectivity index (χ1n) is 4.15. The van der Waals surface area contributed by atoms with E-state index >= 15 is 0 Å². The summed E-state index contributed by atoms with van der Waals surface area (Å²) in [6, 6.07) is 3.41. The fourth-order valence-corrected chi connectivity index (χ4v) is 1.86. The maximum atomic E-state index is 5.93. The van der Waals surface area contributed by atoms with Gasteiger partial charge in [0.25, 0.3) is 0 Å². The third-order valence-electron chi connectivity index (χ3n) is 1.95. The maximum absolute atomic E-state index is 5.93. The molecule has 74 valence electrons. The Hall–Kier alpha value is -0.770. The minimum Gasteiger partial charge on any atom is -0.354 e. The molecule has 0 atom stereocenters. The fraction of sp³-hybridized carbons (Fsp3) is 0.222. The van der Waals surface area contributed by atoms with Crippen molar-refractivity contribution in [1.29, 1.82) is 0 Å². The van der Waals surface area contributed by atoms with E-state index in [0.717, 1.165) is 11.1 Å². The molecule has 0 aliphatic carbocycles. The highest BCUT2D eigenvalue weighted by Crippen LogP contribution is 2.29. The Balaban J connectivity index is 2.66. The number of rotatable bonds is 2. The molecule has 0 saturated heterocycles. The van der Waals surface area contributed by atoms with E-state index in [1.54, 1.807) is 12.1 Å². The topological polar surface area (TPSA) is 52.0 Å². The average Bonchev–Trinajstić information content (AvgIpc) is 2.49. The summed E-state index contributed by atoms with van der Waals surface area (Å²) in [7, 11) is 0. The molecule has 2 N–H and O–H groups in total. The zero-order valence-electron chi connectivity index (χ0n) is 7.26. The Labute approximate surface area is 90.8 Å². The van der Waals surface area contributed by atoms with Gasteiger partial charge in [-0.3, -0.25) is 0 Å². The molecule has 2 aromatic rings. The van der Waals surface area contributed by atoms with Crippen LogP contribution in [0.15, 0.2) is 16.7 Å². The lowest BCUT2D eigenvalue weighted by Crippen LogP contribution is -2.02. The normalized spacial score (nSPS) is 11.1. The van der Waals surface area contributed by atoms with Crippen LogP contribution < -0.4 is 5.73 Å². The fourth-order valence-electron chi connectivity index (χ4n) is 1.33. The lowest BCUT2D eigenvalue weighted by molar-refractivity contribution is 0.446. The van der Waals surface area contributed by atoms with Crippen molar-refractivity contribution < 1.29 is 4.52 Å². The Morgan fingerprint density at radius 2 is 2.14 bits per heavy atom. The van der Waals surface area contributed by atoms with Gasteiger partial charge in [0.15, 0.2) is 5.58 Å². The zero-order valence-corrected chi connectivity index (χ0v) is 8.77. The molecule has 0 saturated carbocycles. The van der Waals surface area contributed by atoms with Gasteiger partial charge in [0, 0.05) is 16.8 Å². The van der Waals surface area contributed by atoms with Crippen LogP contribution in [0.5, 0.6) is 0 Å². The summed E-state index contributed by atoms with van der Waals surface area (Å²) in [5.74, 6) is 0. The first kappa shape index (κ1) is 9.77. The second kappa shape index (κ2) is 3.77. The highest BCUT2D eigenvalue weighted by Gasteiger charge is 2.11. The monoisotopic (exact) mass is 230 g/mol. The van der Waals surface area contributed by atoms with Gasteiger partial charge in [-0.2, -0.15) is 0 Å². The van der Waals surface area contributed by atoms with Crippen LogP contribution in [0.2, 0.25) is 10.0 Å². The van der Waals surface area contributed by atoms with E-state index in [-0.39, 0.29) is 0 Å². The van der Waals surface area contributed by atoms with E-state index in [0.29, 0.717) is 28.6 Å². The van der Waals surface area contributed by atoms with Gasteiger partial charge in [-0.05, 0) is 18.7 Å². The smallest absolute Gasteiger partial charge is 0.185 e. The van der Waals surface area contributed by atoms with Gasteiger partial charge in [-0.15, -0.1) is 0 Å². The summed E-state index contributed by atoms with van der Waals surface area (Å²) in [6.45, 7) is 0.520. The zero-order chi connectivity index (χ0) is 10.1. The predicted octanol–water partition coefficient (Wildman–Crippen LogP) is 2.64. The van der Waals surface area contributed by atoms with E-state index in [2.05, 4.69) is 5.16 Å². The third kappa shape index (κ3) is 1.59. The van der Waals surface area contributed by atoms with Gasteiger partial charge in [0.05, 0.1) is 10.7 Å². The van der Waals surface area contributed by atoms with Crippen molar-refractivity contribution in [3.8, 4) is 0 Å². The van der Waals surface area contributed by atoms with Crippen LogP contribution in [-0.2, 0) is 6.42 Å². The number of hydrogen-bond acceptors (Lipinski definition) is 3. The van der Waals surface area contributed by atoms with Crippen molar-refractivity contribution in [2.75, 3.05) is 6.54 Å². The van der Waals surface area contributed by atoms with E-state index < -0.39 is 0 Å². The molecule has 0 aliphatic rings. The highest BCUT2D eigenvalue weighted by molar-refractivity contribution is 6.38. The molecule has 1 aromatic heterocycles. The summed E-state index contributed by atoms with van der Waals surface area (Å²) < 4.78 is 5.09. The van der Waals surface area contributed by atoms with Crippen LogP contribution in [0.4, 0.5) is 0 Å². The summed E-state index contributed by atoms with van der Waals surface area (Å²) >= 11 is 11.8. The standard InChI is InChI=1S/C9H8Cl2N2O/c10-5-3-6-8(1-2-12)13-14-9(6)7(11)4-5/h3-4H,1-2,12H2. The van der Waals surface area contributed by atoms with Crippen molar-refractivity contribution in [3.05, 3.63) is 27.9 Å². The van der Waals surface area contributed by atoms with Gasteiger partial charge in [0.1, 0.15) is 0 Å². The van der Waals surface area contributed by atoms with Crippen molar-refractivity contribution in [2.24, 2.45) is 5.73 Å². The molecule has 0 unspecified atom stereocenters. The summed E-state index contributed by atoms with van der Waals surface area (Å²) in [4.78, 5) is 0. The molecule has 0 radical (unpaired) electrons. The Morgan fingerprint density at radius 1 is 1.36 bits per heavy atom. The van der Waals surface area contributed by atoms with Crippen LogP contribution in [0.25, 0.3) is 11.0 Å². The number of halogens is 2. The lowest BCUT2D eigenvalue weighted by atomic mass is 10.2. The number of nitrogens with zero attached hydrogens (tertiary/aromatic N) is 1. The highest BCUT2D eigenvalue weighted by atomic mass is 35.5. The molecule has 3 nitrogen and oxygen atoms in total. The Kier molecular flexibility index (Phi) is 2.63. The van der Waals surface area contributed by atoms with E-state index in [1.807, 2.05) is 0 Å². The number of nitrogens with two attached hydrogens (primary N) is 1. The SMILES string of the molecule is NCCc1noc2c(Cl)cc(Cl)cc12. The summed E-state index contributed by atoms with van der Waals surface area (Å²) in [5, 5.41) is 5.78. The van der Waals surface area contributed by atoms with Gasteiger partial charge < -0.3 is 10.3 Å². The number of aromatic nitrogens is 1. The van der Waals surface area contributed by atoms with Gasteiger partial charge in [-0.25, -0.2) is 0 Å². The molecular formula is C9H8Cl2N2O. The minimum absolute atomic E-state index is 0.475. The minimum atomic E-state index is 0.475. The molecule has 0 aliphatic heterocycles. The van der Waals surface area contributed by atoms with Gasteiger partial charge >= 0.3 is 0 Å². The van der Waals surface area contributed by atoms with E-state index in [9.17, 15) is 0 Å². The van der Waals surface area contributed by atoms with Crippen LogP contribution in [0, 0.1) is 0 Å². The van der Waals surface area contributed by atoms with Crippen LogP contribution in [-0.4, -0.2) is 11.7 Å². The van der Waals surface area contributed by atoms with E-state index in [1.165, 1.54) is 0 Å². The van der Waals surface area contributed by atoms with Crippen LogP contribution in [0.1, 0.15) is 5.69 Å². The Morgan fingerprint density at radius 3 is 2.86 bits per heavy atom. The first-order chi connectivity index (χ1) is 6.72. The molecular weight excluding hydrogens is 223 g/mol. The van der Waals surface area contributed by atoms with Gasteiger partial charge in [-0.1, -0.05) is 28.4 Å². The Bertz CT molecular complexity index is 467. The molecule has 0 amide bonds. The third-order valence-corrected chi connectivity index (χ3v) is 2.45. The number of hydrogen-bond donors (Lipinski definition) is 1. The van der Waals surface area contributed by atoms with E-state index in [4.69, 9.17) is 33.5 Å².